The number of aromatic nitrogens is 1. The zero-order chi connectivity index (χ0) is 12.6. The summed E-state index contributed by atoms with van der Waals surface area (Å²) in [7, 11) is 1.96. The van der Waals surface area contributed by atoms with E-state index in [1.165, 1.54) is 5.56 Å². The lowest BCUT2D eigenvalue weighted by atomic mass is 10.0. The molecular formula is C13H16N2O2. The van der Waals surface area contributed by atoms with Gasteiger partial charge in [0.2, 0.25) is 0 Å². The molecular weight excluding hydrogens is 216 g/mol. The van der Waals surface area contributed by atoms with Crippen LogP contribution >= 0.6 is 0 Å². The van der Waals surface area contributed by atoms with Crippen LogP contribution in [0.25, 0.3) is 10.9 Å². The molecule has 1 heterocycles. The van der Waals surface area contributed by atoms with E-state index in [0.717, 1.165) is 16.5 Å². The molecule has 0 saturated heterocycles. The van der Waals surface area contributed by atoms with Crippen LogP contribution in [0.1, 0.15) is 11.1 Å². The third-order valence-corrected chi connectivity index (χ3v) is 2.99. The minimum Gasteiger partial charge on any atom is -0.480 e. The second-order valence-corrected chi connectivity index (χ2v) is 4.43. The first kappa shape index (κ1) is 11.7. The van der Waals surface area contributed by atoms with Crippen molar-refractivity contribution in [1.82, 2.24) is 4.57 Å². The number of nitrogens with zero attached hydrogens (tertiary/aromatic N) is 1. The second-order valence-electron chi connectivity index (χ2n) is 4.43. The predicted octanol–water partition coefficient (Wildman–Crippen LogP) is 1.44. The summed E-state index contributed by atoms with van der Waals surface area (Å²) in [6.07, 6.45) is 2.31. The molecule has 2 aromatic rings. The second kappa shape index (κ2) is 4.22. The first-order chi connectivity index (χ1) is 7.99. The van der Waals surface area contributed by atoms with Gasteiger partial charge in [-0.25, -0.2) is 0 Å². The Bertz CT molecular complexity index is 572. The van der Waals surface area contributed by atoms with Crippen LogP contribution in [0, 0.1) is 6.92 Å². The van der Waals surface area contributed by atoms with Crippen molar-refractivity contribution in [3.05, 3.63) is 35.5 Å². The van der Waals surface area contributed by atoms with Gasteiger partial charge in [0.1, 0.15) is 6.04 Å². The van der Waals surface area contributed by atoms with Crippen LogP contribution in [-0.4, -0.2) is 21.7 Å². The molecule has 0 fully saturated rings. The summed E-state index contributed by atoms with van der Waals surface area (Å²) >= 11 is 0. The molecule has 3 N–H and O–H groups in total. The van der Waals surface area contributed by atoms with Gasteiger partial charge in [-0.1, -0.05) is 12.1 Å². The quantitative estimate of drug-likeness (QED) is 0.841. The van der Waals surface area contributed by atoms with Crippen molar-refractivity contribution in [3.63, 3.8) is 0 Å². The highest BCUT2D eigenvalue weighted by atomic mass is 16.4. The number of aryl methyl sites for hydroxylation is 2. The lowest BCUT2D eigenvalue weighted by Gasteiger charge is -2.04. The van der Waals surface area contributed by atoms with E-state index in [4.69, 9.17) is 10.8 Å². The maximum atomic E-state index is 10.8. The topological polar surface area (TPSA) is 68.2 Å². The molecule has 90 valence electrons. The number of carbonyl (C=O) groups is 1. The minimum atomic E-state index is -0.964. The van der Waals surface area contributed by atoms with Crippen molar-refractivity contribution < 1.29 is 9.90 Å². The van der Waals surface area contributed by atoms with Gasteiger partial charge in [0, 0.05) is 30.6 Å². The van der Waals surface area contributed by atoms with Gasteiger partial charge in [-0.05, 0) is 24.1 Å². The molecule has 17 heavy (non-hydrogen) atoms. The third-order valence-electron chi connectivity index (χ3n) is 2.99. The van der Waals surface area contributed by atoms with Gasteiger partial charge in [0.15, 0.2) is 0 Å². The van der Waals surface area contributed by atoms with E-state index in [1.807, 2.05) is 36.9 Å². The number of nitrogens with two attached hydrogens (primary N) is 1. The number of rotatable bonds is 3. The van der Waals surface area contributed by atoms with Crippen LogP contribution in [-0.2, 0) is 18.3 Å². The number of benzene rings is 1. The molecule has 0 bridgehead atoms. The average Bonchev–Trinajstić information content (AvgIpc) is 2.55. The van der Waals surface area contributed by atoms with Crippen molar-refractivity contribution in [3.8, 4) is 0 Å². The van der Waals surface area contributed by atoms with E-state index >= 15 is 0 Å². The van der Waals surface area contributed by atoms with Crippen molar-refractivity contribution >= 4 is 16.9 Å². The lowest BCUT2D eigenvalue weighted by Crippen LogP contribution is -2.32. The Kier molecular flexibility index (Phi) is 2.90. The molecule has 0 saturated carbocycles. The molecule has 0 radical (unpaired) electrons. The highest BCUT2D eigenvalue weighted by Gasteiger charge is 2.15. The van der Waals surface area contributed by atoms with E-state index in [9.17, 15) is 4.79 Å². The Labute approximate surface area is 99.7 Å². The molecule has 1 aromatic carbocycles. The zero-order valence-electron chi connectivity index (χ0n) is 9.97. The smallest absolute Gasteiger partial charge is 0.320 e. The van der Waals surface area contributed by atoms with Crippen molar-refractivity contribution in [1.29, 1.82) is 0 Å². The maximum absolute atomic E-state index is 10.8. The number of carboxylic acids is 1. The first-order valence-corrected chi connectivity index (χ1v) is 5.52. The Morgan fingerprint density at radius 1 is 1.53 bits per heavy atom. The van der Waals surface area contributed by atoms with Gasteiger partial charge in [0.05, 0.1) is 0 Å². The number of carboxylic acid groups (broad SMARTS) is 1. The summed E-state index contributed by atoms with van der Waals surface area (Å²) in [5.41, 5.74) is 8.85. The number of hydrogen-bond donors (Lipinski definition) is 2. The maximum Gasteiger partial charge on any atom is 0.320 e. The zero-order valence-corrected chi connectivity index (χ0v) is 9.97. The monoisotopic (exact) mass is 232 g/mol. The van der Waals surface area contributed by atoms with Crippen LogP contribution in [0.4, 0.5) is 0 Å². The molecule has 1 atom stereocenters. The first-order valence-electron chi connectivity index (χ1n) is 5.52. The Balaban J connectivity index is 2.45. The summed E-state index contributed by atoms with van der Waals surface area (Å²) < 4.78 is 2.01. The van der Waals surface area contributed by atoms with Gasteiger partial charge in [-0.2, -0.15) is 0 Å². The number of hydrogen-bond acceptors (Lipinski definition) is 2. The molecule has 1 aromatic heterocycles. The van der Waals surface area contributed by atoms with Gasteiger partial charge < -0.3 is 15.4 Å². The Morgan fingerprint density at radius 3 is 2.88 bits per heavy atom. The fourth-order valence-corrected chi connectivity index (χ4v) is 2.06. The van der Waals surface area contributed by atoms with E-state index in [-0.39, 0.29) is 0 Å². The van der Waals surface area contributed by atoms with E-state index in [0.29, 0.717) is 6.42 Å². The van der Waals surface area contributed by atoms with Crippen LogP contribution in [0.3, 0.4) is 0 Å². The minimum absolute atomic E-state index is 0.357. The van der Waals surface area contributed by atoms with Crippen molar-refractivity contribution in [2.45, 2.75) is 19.4 Å². The van der Waals surface area contributed by atoms with Gasteiger partial charge in [-0.3, -0.25) is 4.79 Å². The van der Waals surface area contributed by atoms with E-state index in [2.05, 4.69) is 6.07 Å². The third kappa shape index (κ3) is 2.17. The molecule has 4 heteroatoms. The Hall–Kier alpha value is -1.81. The molecule has 1 unspecified atom stereocenters. The van der Waals surface area contributed by atoms with Crippen LogP contribution in [0.5, 0.6) is 0 Å². The molecule has 4 nitrogen and oxygen atoms in total. The number of aliphatic carboxylic acids is 1. The summed E-state index contributed by atoms with van der Waals surface area (Å²) in [6.45, 7) is 2.04. The molecule has 0 spiro atoms. The summed E-state index contributed by atoms with van der Waals surface area (Å²) in [5.74, 6) is -0.964. The van der Waals surface area contributed by atoms with Gasteiger partial charge in [0.25, 0.3) is 0 Å². The lowest BCUT2D eigenvalue weighted by molar-refractivity contribution is -0.138. The largest absolute Gasteiger partial charge is 0.480 e. The van der Waals surface area contributed by atoms with Crippen molar-refractivity contribution in [2.75, 3.05) is 0 Å². The normalized spacial score (nSPS) is 12.9. The fraction of sp³-hybridized carbons (Fsp3) is 0.308. The van der Waals surface area contributed by atoms with Crippen LogP contribution in [0.2, 0.25) is 0 Å². The van der Waals surface area contributed by atoms with E-state index in [1.54, 1.807) is 0 Å². The summed E-state index contributed by atoms with van der Waals surface area (Å²) in [5, 5.41) is 9.91. The fourth-order valence-electron chi connectivity index (χ4n) is 2.06. The molecule has 0 aliphatic rings. The Morgan fingerprint density at radius 2 is 2.24 bits per heavy atom. The van der Waals surface area contributed by atoms with Crippen molar-refractivity contribution in [2.24, 2.45) is 12.8 Å². The number of fused-ring (bicyclic) bond motifs is 1. The highest BCUT2D eigenvalue weighted by molar-refractivity contribution is 5.85. The molecule has 2 rings (SSSR count). The molecule has 0 aliphatic heterocycles. The summed E-state index contributed by atoms with van der Waals surface area (Å²) in [4.78, 5) is 10.8. The summed E-state index contributed by atoms with van der Waals surface area (Å²) in [6, 6.07) is 5.29. The van der Waals surface area contributed by atoms with Crippen LogP contribution in [0.15, 0.2) is 24.4 Å². The predicted molar refractivity (Wildman–Crippen MR) is 67.0 cm³/mol. The SMILES string of the molecule is Cc1ccc2c(CC(N)C(=O)O)cn(C)c2c1. The van der Waals surface area contributed by atoms with Crippen LogP contribution < -0.4 is 5.73 Å². The average molecular weight is 232 g/mol. The highest BCUT2D eigenvalue weighted by Crippen LogP contribution is 2.22. The van der Waals surface area contributed by atoms with E-state index < -0.39 is 12.0 Å². The van der Waals surface area contributed by atoms with Gasteiger partial charge >= 0.3 is 5.97 Å². The molecule has 0 aliphatic carbocycles. The van der Waals surface area contributed by atoms with Gasteiger partial charge in [-0.15, -0.1) is 0 Å². The standard InChI is InChI=1S/C13H16N2O2/c1-8-3-4-10-9(6-11(14)13(16)17)7-15(2)12(10)5-8/h3-5,7,11H,6,14H2,1-2H3,(H,16,17). The molecule has 0 amide bonds.